The molecule has 2 aliphatic rings. The Morgan fingerprint density at radius 1 is 1.25 bits per heavy atom. The minimum Gasteiger partial charge on any atom is -0.443 e. The number of rotatable bonds is 3. The number of urea groups is 1. The summed E-state index contributed by atoms with van der Waals surface area (Å²) in [5.41, 5.74) is -0.110. The number of hydrogen-bond acceptors (Lipinski definition) is 5. The van der Waals surface area contributed by atoms with Gasteiger partial charge in [0.1, 0.15) is 11.8 Å². The highest BCUT2D eigenvalue weighted by Gasteiger charge is 2.50. The summed E-state index contributed by atoms with van der Waals surface area (Å²) < 4.78 is 5.48. The van der Waals surface area contributed by atoms with E-state index in [1.54, 1.807) is 0 Å². The topological polar surface area (TPSA) is 75.4 Å². The largest absolute Gasteiger partial charge is 0.443 e. The molecule has 1 aliphatic carbocycles. The maximum Gasteiger partial charge on any atom is 0.325 e. The minimum absolute atomic E-state index is 0.116. The van der Waals surface area contributed by atoms with E-state index >= 15 is 0 Å². The highest BCUT2D eigenvalue weighted by atomic mass is 32.1. The molecule has 0 unspecified atom stereocenters. The van der Waals surface area contributed by atoms with Crippen LogP contribution in [0.15, 0.2) is 28.2 Å². The summed E-state index contributed by atoms with van der Waals surface area (Å²) in [6.07, 6.45) is 7.18. The molecular formula is C17H19N3O3S. The first-order valence-corrected chi connectivity index (χ1v) is 9.18. The molecule has 6 nitrogen and oxygen atoms in total. The maximum atomic E-state index is 12.9. The van der Waals surface area contributed by atoms with Crippen LogP contribution in [0, 0.1) is 0 Å². The summed E-state index contributed by atoms with van der Waals surface area (Å²) in [6, 6.07) is 3.54. The third kappa shape index (κ3) is 2.62. The van der Waals surface area contributed by atoms with Crippen molar-refractivity contribution in [2.75, 3.05) is 0 Å². The summed E-state index contributed by atoms with van der Waals surface area (Å²) in [5.74, 6) is 0.409. The van der Waals surface area contributed by atoms with E-state index in [1.807, 2.05) is 17.5 Å². The number of amides is 3. The van der Waals surface area contributed by atoms with Gasteiger partial charge in [-0.3, -0.25) is 9.69 Å². The number of imide groups is 1. The Kier molecular flexibility index (Phi) is 3.88. The number of oxazole rings is 1. The van der Waals surface area contributed by atoms with Gasteiger partial charge < -0.3 is 9.73 Å². The van der Waals surface area contributed by atoms with Gasteiger partial charge in [-0.1, -0.05) is 31.7 Å². The van der Waals surface area contributed by atoms with Crippen molar-refractivity contribution in [2.45, 2.75) is 50.6 Å². The molecule has 2 aromatic rings. The van der Waals surface area contributed by atoms with Crippen LogP contribution in [0.25, 0.3) is 10.8 Å². The van der Waals surface area contributed by atoms with E-state index in [9.17, 15) is 9.59 Å². The van der Waals surface area contributed by atoms with Gasteiger partial charge >= 0.3 is 6.03 Å². The average molecular weight is 345 g/mol. The van der Waals surface area contributed by atoms with Crippen molar-refractivity contribution >= 4 is 23.3 Å². The third-order valence-electron chi connectivity index (χ3n) is 4.81. The molecule has 2 aromatic heterocycles. The molecule has 0 atom stereocenters. The molecule has 1 N–H and O–H groups in total. The summed E-state index contributed by atoms with van der Waals surface area (Å²) in [6.45, 7) is 0.154. The zero-order chi connectivity index (χ0) is 16.6. The number of hydrogen-bond donors (Lipinski definition) is 1. The fourth-order valence-electron chi connectivity index (χ4n) is 3.55. The second-order valence-electron chi connectivity index (χ2n) is 6.44. The van der Waals surface area contributed by atoms with E-state index < -0.39 is 5.54 Å². The normalized spacial score (nSPS) is 20.4. The van der Waals surface area contributed by atoms with Crippen molar-refractivity contribution in [3.8, 4) is 10.8 Å². The van der Waals surface area contributed by atoms with E-state index in [2.05, 4.69) is 10.3 Å². The van der Waals surface area contributed by atoms with Crippen LogP contribution in [0.5, 0.6) is 0 Å². The van der Waals surface area contributed by atoms with Crippen molar-refractivity contribution in [2.24, 2.45) is 0 Å². The Balaban J connectivity index is 1.52. The van der Waals surface area contributed by atoms with Crippen molar-refractivity contribution in [1.29, 1.82) is 0 Å². The molecule has 1 saturated heterocycles. The van der Waals surface area contributed by atoms with Gasteiger partial charge in [-0.2, -0.15) is 0 Å². The molecule has 0 aromatic carbocycles. The lowest BCUT2D eigenvalue weighted by atomic mass is 9.90. The van der Waals surface area contributed by atoms with Crippen LogP contribution in [0.1, 0.15) is 44.2 Å². The van der Waals surface area contributed by atoms with Gasteiger partial charge in [0.2, 0.25) is 5.89 Å². The number of thiophene rings is 1. The van der Waals surface area contributed by atoms with Crippen molar-refractivity contribution in [3.05, 3.63) is 29.5 Å². The first kappa shape index (κ1) is 15.4. The quantitative estimate of drug-likeness (QED) is 0.863. The summed E-state index contributed by atoms with van der Waals surface area (Å²) in [4.78, 5) is 31.8. The third-order valence-corrected chi connectivity index (χ3v) is 5.66. The summed E-state index contributed by atoms with van der Waals surface area (Å²) in [7, 11) is 0. The SMILES string of the molecule is O=C1NC2(CCCCCC2)C(=O)N1Cc1coc(-c2cccs2)n1. The Hall–Kier alpha value is -2.15. The molecule has 2 fully saturated rings. The van der Waals surface area contributed by atoms with Gasteiger partial charge in [0.05, 0.1) is 17.1 Å². The predicted octanol–water partition coefficient (Wildman–Crippen LogP) is 3.55. The van der Waals surface area contributed by atoms with Crippen LogP contribution in [0.2, 0.25) is 0 Å². The Labute approximate surface area is 143 Å². The van der Waals surface area contributed by atoms with E-state index in [0.717, 1.165) is 43.4 Å². The molecule has 1 saturated carbocycles. The molecule has 4 rings (SSSR count). The van der Waals surface area contributed by atoms with Crippen LogP contribution in [0.4, 0.5) is 4.79 Å². The zero-order valence-corrected chi connectivity index (χ0v) is 14.1. The Morgan fingerprint density at radius 3 is 2.75 bits per heavy atom. The fraction of sp³-hybridized carbons (Fsp3) is 0.471. The number of aromatic nitrogens is 1. The molecular weight excluding hydrogens is 326 g/mol. The lowest BCUT2D eigenvalue weighted by Gasteiger charge is -2.24. The standard InChI is InChI=1S/C17H19N3O3S/c21-15-17(7-3-1-2-4-8-17)19-16(22)20(15)10-12-11-23-14(18-12)13-6-5-9-24-13/h5-6,9,11H,1-4,7-8,10H2,(H,19,22). The lowest BCUT2D eigenvalue weighted by molar-refractivity contribution is -0.132. The number of nitrogens with one attached hydrogen (secondary N) is 1. The second-order valence-corrected chi connectivity index (χ2v) is 7.39. The molecule has 24 heavy (non-hydrogen) atoms. The van der Waals surface area contributed by atoms with Crippen LogP contribution in [-0.4, -0.2) is 27.4 Å². The molecule has 126 valence electrons. The maximum absolute atomic E-state index is 12.9. The van der Waals surface area contributed by atoms with Crippen LogP contribution < -0.4 is 5.32 Å². The minimum atomic E-state index is -0.700. The highest BCUT2D eigenvalue weighted by molar-refractivity contribution is 7.13. The average Bonchev–Trinajstić information content (AvgIpc) is 3.25. The fourth-order valence-corrected chi connectivity index (χ4v) is 4.20. The summed E-state index contributed by atoms with van der Waals surface area (Å²) >= 11 is 1.54. The molecule has 1 spiro atoms. The van der Waals surface area contributed by atoms with E-state index in [1.165, 1.54) is 22.5 Å². The van der Waals surface area contributed by atoms with Crippen LogP contribution >= 0.6 is 11.3 Å². The highest BCUT2D eigenvalue weighted by Crippen LogP contribution is 2.33. The molecule has 7 heteroatoms. The molecule has 3 amide bonds. The van der Waals surface area contributed by atoms with E-state index in [-0.39, 0.29) is 18.5 Å². The second kappa shape index (κ2) is 6.05. The number of nitrogens with zero attached hydrogens (tertiary/aromatic N) is 2. The van der Waals surface area contributed by atoms with Crippen molar-refractivity contribution in [1.82, 2.24) is 15.2 Å². The van der Waals surface area contributed by atoms with Crippen molar-refractivity contribution in [3.63, 3.8) is 0 Å². The molecule has 0 radical (unpaired) electrons. The lowest BCUT2D eigenvalue weighted by Crippen LogP contribution is -2.46. The van der Waals surface area contributed by atoms with Gasteiger partial charge in [-0.25, -0.2) is 9.78 Å². The number of carbonyl (C=O) groups excluding carboxylic acids is 2. The predicted molar refractivity (Wildman–Crippen MR) is 89.3 cm³/mol. The molecule has 3 heterocycles. The Morgan fingerprint density at radius 2 is 2.04 bits per heavy atom. The van der Waals surface area contributed by atoms with E-state index in [0.29, 0.717) is 11.6 Å². The zero-order valence-electron chi connectivity index (χ0n) is 13.3. The molecule has 1 aliphatic heterocycles. The smallest absolute Gasteiger partial charge is 0.325 e. The summed E-state index contributed by atoms with van der Waals surface area (Å²) in [5, 5.41) is 4.90. The monoisotopic (exact) mass is 345 g/mol. The van der Waals surface area contributed by atoms with Gasteiger partial charge in [0.25, 0.3) is 5.91 Å². The van der Waals surface area contributed by atoms with Gasteiger partial charge in [-0.15, -0.1) is 11.3 Å². The van der Waals surface area contributed by atoms with E-state index in [4.69, 9.17) is 4.42 Å². The first-order chi connectivity index (χ1) is 11.7. The van der Waals surface area contributed by atoms with Gasteiger partial charge in [0.15, 0.2) is 0 Å². The number of carbonyl (C=O) groups is 2. The Bertz CT molecular complexity index is 745. The van der Waals surface area contributed by atoms with Gasteiger partial charge in [-0.05, 0) is 24.3 Å². The van der Waals surface area contributed by atoms with Crippen molar-refractivity contribution < 1.29 is 14.0 Å². The first-order valence-electron chi connectivity index (χ1n) is 8.30. The van der Waals surface area contributed by atoms with Crippen LogP contribution in [-0.2, 0) is 11.3 Å². The van der Waals surface area contributed by atoms with Gasteiger partial charge in [0, 0.05) is 0 Å². The molecule has 0 bridgehead atoms. The van der Waals surface area contributed by atoms with Crippen LogP contribution in [0.3, 0.4) is 0 Å².